The summed E-state index contributed by atoms with van der Waals surface area (Å²) in [4.78, 5) is 36.2. The van der Waals surface area contributed by atoms with Crippen LogP contribution in [0.2, 0.25) is 5.02 Å². The fourth-order valence-electron chi connectivity index (χ4n) is 2.43. The largest absolute Gasteiger partial charge is 0.497 e. The highest BCUT2D eigenvalue weighted by Crippen LogP contribution is 2.16. The van der Waals surface area contributed by atoms with Crippen LogP contribution in [0.15, 0.2) is 63.0 Å². The number of methoxy groups -OCH3 is 1. The van der Waals surface area contributed by atoms with Crippen molar-refractivity contribution in [2.24, 2.45) is 5.10 Å². The summed E-state index contributed by atoms with van der Waals surface area (Å²) in [6, 6.07) is 11.1. The quantitative estimate of drug-likeness (QED) is 0.476. The van der Waals surface area contributed by atoms with Crippen LogP contribution in [-0.4, -0.2) is 31.7 Å². The number of carbonyl (C=O) groups is 2. The molecule has 2 N–H and O–H groups in total. The van der Waals surface area contributed by atoms with E-state index in [1.807, 2.05) is 0 Å². The molecule has 0 radical (unpaired) electrons. The van der Waals surface area contributed by atoms with Crippen molar-refractivity contribution in [3.05, 3.63) is 75.1 Å². The number of benzene rings is 2. The smallest absolute Gasteiger partial charge is 0.259 e. The van der Waals surface area contributed by atoms with Gasteiger partial charge in [-0.3, -0.25) is 14.4 Å². The molecule has 148 valence electrons. The van der Waals surface area contributed by atoms with Crippen molar-refractivity contribution in [3.8, 4) is 5.75 Å². The molecule has 0 saturated carbocycles. The first kappa shape index (κ1) is 20.1. The predicted octanol–water partition coefficient (Wildman–Crippen LogP) is 2.34. The van der Waals surface area contributed by atoms with E-state index in [9.17, 15) is 14.4 Å². The van der Waals surface area contributed by atoms with Gasteiger partial charge in [-0.2, -0.15) is 5.10 Å². The molecule has 0 unspecified atom stereocenters. The first-order chi connectivity index (χ1) is 14.0. The van der Waals surface area contributed by atoms with Gasteiger partial charge in [-0.15, -0.1) is 0 Å². The molecule has 9 heteroatoms. The van der Waals surface area contributed by atoms with Gasteiger partial charge in [-0.25, -0.2) is 5.43 Å². The van der Waals surface area contributed by atoms with Crippen LogP contribution >= 0.6 is 11.6 Å². The molecule has 2 amide bonds. The van der Waals surface area contributed by atoms with E-state index >= 15 is 0 Å². The maximum Gasteiger partial charge on any atom is 0.259 e. The lowest BCUT2D eigenvalue weighted by molar-refractivity contribution is -0.120. The molecule has 8 nitrogen and oxygen atoms in total. The Morgan fingerprint density at radius 1 is 1.21 bits per heavy atom. The standard InChI is InChI=1S/C20H16ClN3O5/c1-28-15-5-2-12(3-6-15)20(27)22-10-18(25)24-23-9-13-11-29-17-7-4-14(21)8-16(17)19(13)26/h2-9,11H,10H2,1H3,(H,22,27)(H,24,25). The van der Waals surface area contributed by atoms with Crippen LogP contribution in [0.1, 0.15) is 15.9 Å². The molecule has 2 aromatic carbocycles. The van der Waals surface area contributed by atoms with Crippen LogP contribution in [0.5, 0.6) is 5.75 Å². The van der Waals surface area contributed by atoms with E-state index in [-0.39, 0.29) is 17.5 Å². The Hall–Kier alpha value is -3.65. The van der Waals surface area contributed by atoms with E-state index in [1.54, 1.807) is 36.4 Å². The van der Waals surface area contributed by atoms with Crippen molar-refractivity contribution in [2.45, 2.75) is 0 Å². The van der Waals surface area contributed by atoms with Gasteiger partial charge in [0, 0.05) is 10.6 Å². The van der Waals surface area contributed by atoms with Crippen LogP contribution in [0.25, 0.3) is 11.0 Å². The predicted molar refractivity (Wildman–Crippen MR) is 109 cm³/mol. The molecular formula is C20H16ClN3O5. The number of rotatable bonds is 6. The van der Waals surface area contributed by atoms with E-state index in [1.165, 1.54) is 19.4 Å². The third kappa shape index (κ3) is 4.99. The lowest BCUT2D eigenvalue weighted by Crippen LogP contribution is -2.35. The van der Waals surface area contributed by atoms with Crippen molar-refractivity contribution in [2.75, 3.05) is 13.7 Å². The van der Waals surface area contributed by atoms with E-state index in [2.05, 4.69) is 15.8 Å². The number of fused-ring (bicyclic) bond motifs is 1. The summed E-state index contributed by atoms with van der Waals surface area (Å²) >= 11 is 5.90. The molecule has 3 aromatic rings. The fourth-order valence-corrected chi connectivity index (χ4v) is 2.60. The molecule has 1 heterocycles. The molecule has 29 heavy (non-hydrogen) atoms. The van der Waals surface area contributed by atoms with Gasteiger partial charge in [0.15, 0.2) is 0 Å². The summed E-state index contributed by atoms with van der Waals surface area (Å²) in [5.74, 6) is -0.357. The molecule has 0 spiro atoms. The van der Waals surface area contributed by atoms with Crippen LogP contribution in [0.4, 0.5) is 0 Å². The lowest BCUT2D eigenvalue weighted by Gasteiger charge is -2.05. The number of nitrogens with zero attached hydrogens (tertiary/aromatic N) is 1. The SMILES string of the molecule is COc1ccc(C(=O)NCC(=O)NN=Cc2coc3ccc(Cl)cc3c2=O)cc1. The summed E-state index contributed by atoms with van der Waals surface area (Å²) < 4.78 is 10.4. The van der Waals surface area contributed by atoms with Gasteiger partial charge in [0.25, 0.3) is 11.8 Å². The summed E-state index contributed by atoms with van der Waals surface area (Å²) in [7, 11) is 1.52. The van der Waals surface area contributed by atoms with Crippen LogP contribution in [0, 0.1) is 0 Å². The minimum Gasteiger partial charge on any atom is -0.497 e. The first-order valence-electron chi connectivity index (χ1n) is 8.43. The van der Waals surface area contributed by atoms with Crippen LogP contribution in [0.3, 0.4) is 0 Å². The molecule has 0 aliphatic rings. The van der Waals surface area contributed by atoms with E-state index < -0.39 is 11.8 Å². The summed E-state index contributed by atoms with van der Waals surface area (Å²) in [6.07, 6.45) is 2.40. The normalized spacial score (nSPS) is 10.8. The number of ether oxygens (including phenoxy) is 1. The molecule has 0 aliphatic heterocycles. The maximum atomic E-state index is 12.4. The monoisotopic (exact) mass is 413 g/mol. The molecule has 1 aromatic heterocycles. The molecule has 0 aliphatic carbocycles. The zero-order chi connectivity index (χ0) is 20.8. The van der Waals surface area contributed by atoms with Crippen molar-refractivity contribution in [1.29, 1.82) is 0 Å². The Bertz CT molecular complexity index is 1140. The number of amides is 2. The number of hydrogen-bond acceptors (Lipinski definition) is 6. The topological polar surface area (TPSA) is 110 Å². The zero-order valence-corrected chi connectivity index (χ0v) is 16.0. The van der Waals surface area contributed by atoms with Gasteiger partial charge < -0.3 is 14.5 Å². The highest BCUT2D eigenvalue weighted by molar-refractivity contribution is 6.31. The van der Waals surface area contributed by atoms with Gasteiger partial charge >= 0.3 is 0 Å². The van der Waals surface area contributed by atoms with Gasteiger partial charge in [0.05, 0.1) is 30.8 Å². The Morgan fingerprint density at radius 2 is 1.97 bits per heavy atom. The van der Waals surface area contributed by atoms with Gasteiger partial charge in [0.1, 0.15) is 17.6 Å². The Balaban J connectivity index is 1.57. The third-order valence-electron chi connectivity index (χ3n) is 3.92. The average molecular weight is 414 g/mol. The number of halogens is 1. The highest BCUT2D eigenvalue weighted by Gasteiger charge is 2.09. The Morgan fingerprint density at radius 3 is 2.69 bits per heavy atom. The summed E-state index contributed by atoms with van der Waals surface area (Å²) in [6.45, 7) is -0.288. The number of nitrogens with one attached hydrogen (secondary N) is 2. The van der Waals surface area contributed by atoms with Gasteiger partial charge in [-0.1, -0.05) is 11.6 Å². The third-order valence-corrected chi connectivity index (χ3v) is 4.15. The maximum absolute atomic E-state index is 12.4. The van der Waals surface area contributed by atoms with Crippen molar-refractivity contribution < 1.29 is 18.7 Å². The Labute approximate surface area is 170 Å². The lowest BCUT2D eigenvalue weighted by atomic mass is 10.2. The van der Waals surface area contributed by atoms with Gasteiger partial charge in [0.2, 0.25) is 5.43 Å². The minimum atomic E-state index is -0.559. The fraction of sp³-hybridized carbons (Fsp3) is 0.100. The molecule has 0 bridgehead atoms. The second-order valence-corrected chi connectivity index (χ2v) is 6.30. The molecule has 3 rings (SSSR count). The van der Waals surface area contributed by atoms with E-state index in [4.69, 9.17) is 20.8 Å². The van der Waals surface area contributed by atoms with Crippen LogP contribution in [-0.2, 0) is 4.79 Å². The number of hydrazone groups is 1. The zero-order valence-electron chi connectivity index (χ0n) is 15.3. The first-order valence-corrected chi connectivity index (χ1v) is 8.81. The van der Waals surface area contributed by atoms with Crippen molar-refractivity contribution in [3.63, 3.8) is 0 Å². The van der Waals surface area contributed by atoms with E-state index in [0.717, 1.165) is 6.21 Å². The van der Waals surface area contributed by atoms with Crippen molar-refractivity contribution in [1.82, 2.24) is 10.7 Å². The number of hydrogen-bond donors (Lipinski definition) is 2. The molecular weight excluding hydrogens is 398 g/mol. The van der Waals surface area contributed by atoms with E-state index in [0.29, 0.717) is 27.3 Å². The second-order valence-electron chi connectivity index (χ2n) is 5.87. The average Bonchev–Trinajstić information content (AvgIpc) is 2.74. The van der Waals surface area contributed by atoms with Gasteiger partial charge in [-0.05, 0) is 42.5 Å². The minimum absolute atomic E-state index is 0.141. The number of carbonyl (C=O) groups excluding carboxylic acids is 2. The van der Waals surface area contributed by atoms with Crippen LogP contribution < -0.4 is 20.9 Å². The second kappa shape index (κ2) is 9.03. The molecule has 0 atom stereocenters. The molecule has 0 saturated heterocycles. The summed E-state index contributed by atoms with van der Waals surface area (Å²) in [5.41, 5.74) is 2.81. The van der Waals surface area contributed by atoms with Crippen molar-refractivity contribution >= 4 is 40.6 Å². The molecule has 0 fully saturated rings. The Kier molecular flexibility index (Phi) is 6.25. The highest BCUT2D eigenvalue weighted by atomic mass is 35.5. The summed E-state index contributed by atoms with van der Waals surface area (Å²) in [5, 5.41) is 6.89.